The number of nitrogens with zero attached hydrogens (tertiary/aromatic N) is 7. The lowest BCUT2D eigenvalue weighted by Crippen LogP contribution is -2.08. The number of nitrogens with one attached hydrogen (secondary N) is 1. The van der Waals surface area contributed by atoms with Gasteiger partial charge in [-0.05, 0) is 54.6 Å². The lowest BCUT2D eigenvalue weighted by atomic mass is 10.1. The highest BCUT2D eigenvalue weighted by Crippen LogP contribution is 2.27. The second-order valence-electron chi connectivity index (χ2n) is 7.44. The van der Waals surface area contributed by atoms with Gasteiger partial charge in [0, 0.05) is 28.6 Å². The van der Waals surface area contributed by atoms with Crippen molar-refractivity contribution in [3.8, 4) is 22.8 Å². The number of hydrogen-bond acceptors (Lipinski definition) is 8. The van der Waals surface area contributed by atoms with Crippen LogP contribution in [0.15, 0.2) is 46.9 Å². The molecule has 0 unspecified atom stereocenters. The Morgan fingerprint density at radius 3 is 2.49 bits per heavy atom. The molecule has 0 aliphatic heterocycles. The molecular weight excluding hydrogens is 468 g/mol. The Kier molecular flexibility index (Phi) is 5.81. The van der Waals surface area contributed by atoms with Gasteiger partial charge in [-0.2, -0.15) is 13.6 Å². The van der Waals surface area contributed by atoms with Crippen LogP contribution in [0.5, 0.6) is 0 Å². The molecule has 3 heterocycles. The highest BCUT2D eigenvalue weighted by molar-refractivity contribution is 5.84. The third kappa shape index (κ3) is 4.52. The van der Waals surface area contributed by atoms with Gasteiger partial charge in [-0.3, -0.25) is 0 Å². The molecule has 5 rings (SSSR count). The minimum atomic E-state index is -2.99. The number of benzene rings is 2. The van der Waals surface area contributed by atoms with Crippen LogP contribution >= 0.6 is 0 Å². The average Bonchev–Trinajstić information content (AvgIpc) is 3.51. The number of anilines is 1. The summed E-state index contributed by atoms with van der Waals surface area (Å²) in [4.78, 5) is 5.56. The van der Waals surface area contributed by atoms with Crippen molar-refractivity contribution in [3.63, 3.8) is 0 Å². The summed E-state index contributed by atoms with van der Waals surface area (Å²) in [5.41, 5.74) is 0.928. The maximum absolute atomic E-state index is 14.7. The molecule has 178 valence electrons. The van der Waals surface area contributed by atoms with Gasteiger partial charge >= 0.3 is 6.43 Å². The third-order valence-electron chi connectivity index (χ3n) is 5.07. The Balaban J connectivity index is 1.38. The molecule has 13 heteroatoms. The second kappa shape index (κ2) is 9.08. The first-order valence-electron chi connectivity index (χ1n) is 10.4. The number of pyridine rings is 1. The van der Waals surface area contributed by atoms with Gasteiger partial charge in [0.25, 0.3) is 5.89 Å². The van der Waals surface area contributed by atoms with E-state index in [0.29, 0.717) is 5.56 Å². The fraction of sp³-hybridized carbons (Fsp3) is 0.182. The summed E-state index contributed by atoms with van der Waals surface area (Å²) in [6.45, 7) is 2.39. The molecule has 0 saturated carbocycles. The van der Waals surface area contributed by atoms with E-state index in [9.17, 15) is 17.6 Å². The van der Waals surface area contributed by atoms with Crippen molar-refractivity contribution in [2.24, 2.45) is 0 Å². The zero-order valence-corrected chi connectivity index (χ0v) is 18.1. The predicted molar refractivity (Wildman–Crippen MR) is 116 cm³/mol. The smallest absolute Gasteiger partial charge is 0.314 e. The summed E-state index contributed by atoms with van der Waals surface area (Å²) in [6, 6.07) is 11.0. The van der Waals surface area contributed by atoms with Gasteiger partial charge < -0.3 is 9.73 Å². The van der Waals surface area contributed by atoms with Gasteiger partial charge in [0.2, 0.25) is 11.7 Å². The average molecular weight is 484 g/mol. The van der Waals surface area contributed by atoms with Crippen molar-refractivity contribution in [3.05, 3.63) is 65.6 Å². The number of hydrogen-bond donors (Lipinski definition) is 1. The molecule has 9 nitrogen and oxygen atoms in total. The standard InChI is InChI=1S/C22H16F4N8O/c1-2-27-18-6-4-11-7-12(3-5-17(11)28-18)20-29-33-34(32-20)10-14-15(23)8-13(9-16(14)24)21-30-31-22(35-21)19(25)26/h3-9,19H,2,10H2,1H3,(H,27,28). The zero-order valence-electron chi connectivity index (χ0n) is 18.1. The SMILES string of the molecule is CCNc1ccc2cc(-c3nnn(Cc4c(F)cc(-c5nnc(C(F)F)o5)cc4F)n3)ccc2n1. The number of rotatable bonds is 7. The van der Waals surface area contributed by atoms with Gasteiger partial charge in [0.15, 0.2) is 0 Å². The summed E-state index contributed by atoms with van der Waals surface area (Å²) >= 11 is 0. The van der Waals surface area contributed by atoms with Gasteiger partial charge in [-0.15, -0.1) is 20.4 Å². The summed E-state index contributed by atoms with van der Waals surface area (Å²) in [6.07, 6.45) is -2.99. The summed E-state index contributed by atoms with van der Waals surface area (Å²) in [7, 11) is 0. The van der Waals surface area contributed by atoms with Crippen molar-refractivity contribution < 1.29 is 22.0 Å². The molecule has 1 N–H and O–H groups in total. The monoisotopic (exact) mass is 484 g/mol. The molecule has 0 spiro atoms. The zero-order chi connectivity index (χ0) is 24.5. The number of tetrazole rings is 1. The maximum atomic E-state index is 14.7. The van der Waals surface area contributed by atoms with Gasteiger partial charge in [0.05, 0.1) is 12.1 Å². The van der Waals surface area contributed by atoms with Gasteiger partial charge in [-0.1, -0.05) is 0 Å². The first-order chi connectivity index (χ1) is 16.9. The Bertz CT molecular complexity index is 1490. The Labute approximate surface area is 194 Å². The van der Waals surface area contributed by atoms with Crippen LogP contribution in [0.3, 0.4) is 0 Å². The van der Waals surface area contributed by atoms with Crippen LogP contribution in [-0.4, -0.2) is 41.9 Å². The highest BCUT2D eigenvalue weighted by atomic mass is 19.3. The summed E-state index contributed by atoms with van der Waals surface area (Å²) in [5.74, 6) is -2.24. The molecule has 0 fully saturated rings. The maximum Gasteiger partial charge on any atom is 0.314 e. The molecule has 0 aliphatic carbocycles. The molecular formula is C22H16F4N8O. The molecule has 0 radical (unpaired) electrons. The van der Waals surface area contributed by atoms with E-state index >= 15 is 0 Å². The minimum absolute atomic E-state index is 0.169. The summed E-state index contributed by atoms with van der Waals surface area (Å²) in [5, 5.41) is 22.6. The lowest BCUT2D eigenvalue weighted by Gasteiger charge is -2.06. The fourth-order valence-corrected chi connectivity index (χ4v) is 3.43. The molecule has 35 heavy (non-hydrogen) atoms. The van der Waals surface area contributed by atoms with Crippen molar-refractivity contribution >= 4 is 16.7 Å². The number of fused-ring (bicyclic) bond motifs is 1. The fourth-order valence-electron chi connectivity index (χ4n) is 3.43. The molecule has 0 bridgehead atoms. The predicted octanol–water partition coefficient (Wildman–Crippen LogP) is 4.63. The van der Waals surface area contributed by atoms with E-state index in [1.165, 1.54) is 0 Å². The van der Waals surface area contributed by atoms with Crippen molar-refractivity contribution in [1.82, 2.24) is 35.4 Å². The van der Waals surface area contributed by atoms with Crippen LogP contribution in [0.4, 0.5) is 23.4 Å². The van der Waals surface area contributed by atoms with E-state index in [-0.39, 0.29) is 23.5 Å². The molecule has 0 aliphatic rings. The lowest BCUT2D eigenvalue weighted by molar-refractivity contribution is 0.116. The molecule has 0 atom stereocenters. The molecule has 5 aromatic rings. The quantitative estimate of drug-likeness (QED) is 0.333. The molecule has 3 aromatic heterocycles. The van der Waals surface area contributed by atoms with Crippen LogP contribution in [0.25, 0.3) is 33.7 Å². The van der Waals surface area contributed by atoms with Crippen LogP contribution in [0.1, 0.15) is 24.8 Å². The number of halogens is 4. The van der Waals surface area contributed by atoms with Gasteiger partial charge in [-0.25, -0.2) is 13.8 Å². The van der Waals surface area contributed by atoms with Crippen LogP contribution in [0, 0.1) is 11.6 Å². The molecule has 0 saturated heterocycles. The minimum Gasteiger partial charge on any atom is -0.415 e. The molecule has 0 amide bonds. The Morgan fingerprint density at radius 2 is 1.77 bits per heavy atom. The van der Waals surface area contributed by atoms with Gasteiger partial charge in [0.1, 0.15) is 17.5 Å². The largest absolute Gasteiger partial charge is 0.415 e. The van der Waals surface area contributed by atoms with E-state index in [1.807, 2.05) is 31.2 Å². The third-order valence-corrected chi connectivity index (χ3v) is 5.07. The normalized spacial score (nSPS) is 11.5. The second-order valence-corrected chi connectivity index (χ2v) is 7.44. The van der Waals surface area contributed by atoms with E-state index in [0.717, 1.165) is 40.2 Å². The first-order valence-corrected chi connectivity index (χ1v) is 10.4. The van der Waals surface area contributed by atoms with Crippen molar-refractivity contribution in [1.29, 1.82) is 0 Å². The van der Waals surface area contributed by atoms with Crippen LogP contribution in [-0.2, 0) is 6.54 Å². The van der Waals surface area contributed by atoms with Crippen LogP contribution in [0.2, 0.25) is 0 Å². The highest BCUT2D eigenvalue weighted by Gasteiger charge is 2.20. The Hall–Kier alpha value is -4.42. The first kappa shape index (κ1) is 22.4. The van der Waals surface area contributed by atoms with Crippen LogP contribution < -0.4 is 5.32 Å². The van der Waals surface area contributed by atoms with Crippen molar-refractivity contribution in [2.45, 2.75) is 19.9 Å². The topological polar surface area (TPSA) is 107 Å². The van der Waals surface area contributed by atoms with Crippen molar-refractivity contribution in [2.75, 3.05) is 11.9 Å². The number of alkyl halides is 2. The Morgan fingerprint density at radius 1 is 0.971 bits per heavy atom. The van der Waals surface area contributed by atoms with E-state index < -0.39 is 29.8 Å². The number of aromatic nitrogens is 7. The molecule has 2 aromatic carbocycles. The summed E-state index contributed by atoms with van der Waals surface area (Å²) < 4.78 is 59.3. The van der Waals surface area contributed by atoms with E-state index in [2.05, 4.69) is 35.9 Å². The van der Waals surface area contributed by atoms with E-state index in [4.69, 9.17) is 4.42 Å². The van der Waals surface area contributed by atoms with E-state index in [1.54, 1.807) is 6.07 Å².